The highest BCUT2D eigenvalue weighted by Crippen LogP contribution is 2.23. The second kappa shape index (κ2) is 10.2. The van der Waals surface area contributed by atoms with E-state index in [2.05, 4.69) is 9.97 Å². The maximum atomic E-state index is 12.5. The van der Waals surface area contributed by atoms with Gasteiger partial charge in [0.1, 0.15) is 6.61 Å². The molecule has 166 valence electrons. The minimum atomic E-state index is -0.492. The lowest BCUT2D eigenvalue weighted by molar-refractivity contribution is -0.136. The SMILES string of the molecule is CCOC(=O)c1nc2ccccc2nc1N1CCN(C(=O)COCc2ccccc2)CC1. The van der Waals surface area contributed by atoms with Crippen molar-refractivity contribution >= 4 is 28.7 Å². The molecular formula is C24H26N4O4. The third-order valence-electron chi connectivity index (χ3n) is 5.29. The molecule has 8 nitrogen and oxygen atoms in total. The summed E-state index contributed by atoms with van der Waals surface area (Å²) in [7, 11) is 0. The number of para-hydroxylation sites is 2. The number of anilines is 1. The van der Waals surface area contributed by atoms with Crippen LogP contribution in [0.2, 0.25) is 0 Å². The van der Waals surface area contributed by atoms with Crippen LogP contribution in [0.5, 0.6) is 0 Å². The molecule has 3 aromatic rings. The van der Waals surface area contributed by atoms with E-state index in [1.807, 2.05) is 59.5 Å². The van der Waals surface area contributed by atoms with Crippen LogP contribution in [0.15, 0.2) is 54.6 Å². The Morgan fingerprint density at radius 3 is 2.25 bits per heavy atom. The molecule has 1 aromatic heterocycles. The number of nitrogens with zero attached hydrogens (tertiary/aromatic N) is 4. The highest BCUT2D eigenvalue weighted by Gasteiger charge is 2.27. The van der Waals surface area contributed by atoms with E-state index in [1.54, 1.807) is 11.8 Å². The lowest BCUT2D eigenvalue weighted by Crippen LogP contribution is -2.50. The van der Waals surface area contributed by atoms with Crippen molar-refractivity contribution < 1.29 is 19.1 Å². The van der Waals surface area contributed by atoms with Crippen LogP contribution in [0.3, 0.4) is 0 Å². The van der Waals surface area contributed by atoms with E-state index in [-0.39, 0.29) is 24.8 Å². The summed E-state index contributed by atoms with van der Waals surface area (Å²) in [5.74, 6) is -0.0426. The van der Waals surface area contributed by atoms with Crippen LogP contribution in [-0.2, 0) is 20.9 Å². The molecule has 0 radical (unpaired) electrons. The van der Waals surface area contributed by atoms with Crippen LogP contribution in [-0.4, -0.2) is 66.1 Å². The molecule has 8 heteroatoms. The van der Waals surface area contributed by atoms with Gasteiger partial charge in [0.2, 0.25) is 5.91 Å². The third-order valence-corrected chi connectivity index (χ3v) is 5.29. The first kappa shape index (κ1) is 21.7. The van der Waals surface area contributed by atoms with Crippen molar-refractivity contribution in [3.05, 3.63) is 65.9 Å². The number of rotatable bonds is 7. The maximum absolute atomic E-state index is 12.5. The van der Waals surface area contributed by atoms with Gasteiger partial charge in [0.15, 0.2) is 11.5 Å². The van der Waals surface area contributed by atoms with Crippen LogP contribution < -0.4 is 4.90 Å². The first-order valence-electron chi connectivity index (χ1n) is 10.7. The zero-order chi connectivity index (χ0) is 22.3. The lowest BCUT2D eigenvalue weighted by atomic mass is 10.2. The minimum Gasteiger partial charge on any atom is -0.461 e. The summed E-state index contributed by atoms with van der Waals surface area (Å²) in [6.07, 6.45) is 0. The number of benzene rings is 2. The first-order chi connectivity index (χ1) is 15.7. The Balaban J connectivity index is 1.40. The summed E-state index contributed by atoms with van der Waals surface area (Å²) in [4.78, 5) is 38.0. The van der Waals surface area contributed by atoms with Gasteiger partial charge in [-0.05, 0) is 24.6 Å². The fourth-order valence-electron chi connectivity index (χ4n) is 3.64. The molecule has 0 bridgehead atoms. The lowest BCUT2D eigenvalue weighted by Gasteiger charge is -2.35. The summed E-state index contributed by atoms with van der Waals surface area (Å²) in [6.45, 7) is 4.59. The Hall–Kier alpha value is -3.52. The molecule has 0 spiro atoms. The van der Waals surface area contributed by atoms with E-state index in [0.717, 1.165) is 5.56 Å². The van der Waals surface area contributed by atoms with Gasteiger partial charge in [-0.2, -0.15) is 0 Å². The Morgan fingerprint density at radius 1 is 0.906 bits per heavy atom. The van der Waals surface area contributed by atoms with Crippen LogP contribution in [0.4, 0.5) is 5.82 Å². The van der Waals surface area contributed by atoms with Gasteiger partial charge in [-0.3, -0.25) is 4.79 Å². The van der Waals surface area contributed by atoms with Crippen LogP contribution in [0.25, 0.3) is 11.0 Å². The number of hydrogen-bond acceptors (Lipinski definition) is 7. The van der Waals surface area contributed by atoms with Crippen molar-refractivity contribution in [3.63, 3.8) is 0 Å². The predicted molar refractivity (Wildman–Crippen MR) is 120 cm³/mol. The summed E-state index contributed by atoms with van der Waals surface area (Å²) in [5.41, 5.74) is 2.59. The number of fused-ring (bicyclic) bond motifs is 1. The number of amides is 1. The molecule has 0 unspecified atom stereocenters. The first-order valence-corrected chi connectivity index (χ1v) is 10.7. The van der Waals surface area contributed by atoms with Crippen LogP contribution in [0.1, 0.15) is 23.0 Å². The second-order valence-corrected chi connectivity index (χ2v) is 7.45. The molecule has 4 rings (SSSR count). The van der Waals surface area contributed by atoms with Crippen molar-refractivity contribution in [1.29, 1.82) is 0 Å². The van der Waals surface area contributed by atoms with Gasteiger partial charge < -0.3 is 19.3 Å². The van der Waals surface area contributed by atoms with Gasteiger partial charge in [-0.1, -0.05) is 42.5 Å². The van der Waals surface area contributed by atoms with E-state index in [1.165, 1.54) is 0 Å². The van der Waals surface area contributed by atoms with Crippen molar-refractivity contribution in [1.82, 2.24) is 14.9 Å². The summed E-state index contributed by atoms with van der Waals surface area (Å²) in [5, 5.41) is 0. The molecule has 0 atom stereocenters. The molecule has 0 N–H and O–H groups in total. The third kappa shape index (κ3) is 5.03. The van der Waals surface area contributed by atoms with Crippen molar-refractivity contribution in [2.45, 2.75) is 13.5 Å². The molecule has 1 amide bonds. The van der Waals surface area contributed by atoms with Gasteiger partial charge in [-0.25, -0.2) is 14.8 Å². The quantitative estimate of drug-likeness (QED) is 0.529. The summed E-state index contributed by atoms with van der Waals surface area (Å²) in [6, 6.07) is 17.2. The Kier molecular flexibility index (Phi) is 6.91. The molecule has 1 fully saturated rings. The zero-order valence-electron chi connectivity index (χ0n) is 18.1. The smallest absolute Gasteiger partial charge is 0.360 e. The number of carbonyl (C=O) groups is 2. The van der Waals surface area contributed by atoms with Crippen molar-refractivity contribution in [2.24, 2.45) is 0 Å². The van der Waals surface area contributed by atoms with Crippen LogP contribution >= 0.6 is 0 Å². The van der Waals surface area contributed by atoms with Gasteiger partial charge >= 0.3 is 5.97 Å². The molecule has 32 heavy (non-hydrogen) atoms. The number of hydrogen-bond donors (Lipinski definition) is 0. The largest absolute Gasteiger partial charge is 0.461 e. The molecule has 2 heterocycles. The Labute approximate surface area is 186 Å². The standard InChI is InChI=1S/C24H26N4O4/c1-2-32-24(30)22-23(26-20-11-7-6-10-19(20)25-22)28-14-12-27(13-15-28)21(29)17-31-16-18-8-4-3-5-9-18/h3-11H,2,12-17H2,1H3. The Morgan fingerprint density at radius 2 is 1.56 bits per heavy atom. The maximum Gasteiger partial charge on any atom is 0.360 e. The number of esters is 1. The van der Waals surface area contributed by atoms with E-state index in [4.69, 9.17) is 9.47 Å². The minimum absolute atomic E-state index is 0.0404. The van der Waals surface area contributed by atoms with Gasteiger partial charge in [0.25, 0.3) is 0 Å². The van der Waals surface area contributed by atoms with E-state index in [9.17, 15) is 9.59 Å². The highest BCUT2D eigenvalue weighted by molar-refractivity contribution is 5.95. The predicted octanol–water partition coefficient (Wildman–Crippen LogP) is 2.67. The number of carbonyl (C=O) groups excluding carboxylic acids is 2. The van der Waals surface area contributed by atoms with Gasteiger partial charge in [0.05, 0.1) is 24.2 Å². The molecule has 2 aromatic carbocycles. The molecule has 1 saturated heterocycles. The fourth-order valence-corrected chi connectivity index (χ4v) is 3.64. The van der Waals surface area contributed by atoms with E-state index < -0.39 is 5.97 Å². The molecule has 1 aliphatic heterocycles. The average Bonchev–Trinajstić information content (AvgIpc) is 2.84. The zero-order valence-corrected chi connectivity index (χ0v) is 18.1. The monoisotopic (exact) mass is 434 g/mol. The second-order valence-electron chi connectivity index (χ2n) is 7.45. The number of ether oxygens (including phenoxy) is 2. The molecule has 0 saturated carbocycles. The van der Waals surface area contributed by atoms with E-state index in [0.29, 0.717) is 49.6 Å². The topological polar surface area (TPSA) is 84.9 Å². The molecular weight excluding hydrogens is 408 g/mol. The van der Waals surface area contributed by atoms with Crippen LogP contribution in [0, 0.1) is 0 Å². The van der Waals surface area contributed by atoms with Gasteiger partial charge in [-0.15, -0.1) is 0 Å². The normalized spacial score (nSPS) is 13.9. The number of piperazine rings is 1. The summed E-state index contributed by atoms with van der Waals surface area (Å²) < 4.78 is 10.8. The van der Waals surface area contributed by atoms with Gasteiger partial charge in [0, 0.05) is 26.2 Å². The molecule has 1 aliphatic rings. The fraction of sp³-hybridized carbons (Fsp3) is 0.333. The number of aromatic nitrogens is 2. The average molecular weight is 434 g/mol. The molecule has 0 aliphatic carbocycles. The van der Waals surface area contributed by atoms with Crippen molar-refractivity contribution in [3.8, 4) is 0 Å². The highest BCUT2D eigenvalue weighted by atomic mass is 16.5. The van der Waals surface area contributed by atoms with E-state index >= 15 is 0 Å². The van der Waals surface area contributed by atoms with Crippen molar-refractivity contribution in [2.75, 3.05) is 44.3 Å². The Bertz CT molecular complexity index is 1080. The summed E-state index contributed by atoms with van der Waals surface area (Å²) >= 11 is 0.